The third-order valence-electron chi connectivity index (χ3n) is 2.78. The standard InChI is InChI=1S/C13H23N3O/c1-6-7-16-12(14)11(10(4)8-17-5)15-13(16)9(2)3/h6,9-10H,1,7-8,14H2,2-5H3. The molecule has 0 spiro atoms. The van der Waals surface area contributed by atoms with Gasteiger partial charge in [-0.3, -0.25) is 0 Å². The van der Waals surface area contributed by atoms with E-state index in [1.807, 2.05) is 10.6 Å². The molecule has 1 atom stereocenters. The number of nitrogens with two attached hydrogens (primary N) is 1. The molecular weight excluding hydrogens is 214 g/mol. The Balaban J connectivity index is 3.15. The van der Waals surface area contributed by atoms with Crippen molar-refractivity contribution in [3.8, 4) is 0 Å². The van der Waals surface area contributed by atoms with E-state index in [-0.39, 0.29) is 5.92 Å². The van der Waals surface area contributed by atoms with E-state index in [2.05, 4.69) is 32.3 Å². The summed E-state index contributed by atoms with van der Waals surface area (Å²) >= 11 is 0. The summed E-state index contributed by atoms with van der Waals surface area (Å²) in [6.07, 6.45) is 1.84. The van der Waals surface area contributed by atoms with E-state index >= 15 is 0 Å². The number of allylic oxidation sites excluding steroid dienone is 1. The summed E-state index contributed by atoms with van der Waals surface area (Å²) in [7, 11) is 1.69. The fraction of sp³-hybridized carbons (Fsp3) is 0.615. The number of anilines is 1. The fourth-order valence-corrected chi connectivity index (χ4v) is 1.96. The Bertz CT molecular complexity index is 382. The van der Waals surface area contributed by atoms with Crippen molar-refractivity contribution in [1.82, 2.24) is 9.55 Å². The van der Waals surface area contributed by atoms with Crippen LogP contribution in [0.4, 0.5) is 5.82 Å². The molecule has 1 rings (SSSR count). The lowest BCUT2D eigenvalue weighted by Gasteiger charge is -2.10. The molecule has 0 amide bonds. The molecule has 4 heteroatoms. The van der Waals surface area contributed by atoms with Gasteiger partial charge in [0, 0.05) is 25.5 Å². The van der Waals surface area contributed by atoms with E-state index in [4.69, 9.17) is 10.5 Å². The smallest absolute Gasteiger partial charge is 0.127 e. The molecule has 4 nitrogen and oxygen atoms in total. The molecule has 0 saturated heterocycles. The van der Waals surface area contributed by atoms with Crippen molar-refractivity contribution in [3.63, 3.8) is 0 Å². The lowest BCUT2D eigenvalue weighted by atomic mass is 10.1. The lowest BCUT2D eigenvalue weighted by Crippen LogP contribution is -2.08. The second-order valence-corrected chi connectivity index (χ2v) is 4.65. The SMILES string of the molecule is C=CCn1c(C(C)C)nc(C(C)COC)c1N. The van der Waals surface area contributed by atoms with Gasteiger partial charge in [0.05, 0.1) is 12.3 Å². The van der Waals surface area contributed by atoms with E-state index in [1.165, 1.54) is 0 Å². The van der Waals surface area contributed by atoms with Gasteiger partial charge in [-0.1, -0.05) is 26.8 Å². The van der Waals surface area contributed by atoms with Gasteiger partial charge in [0.15, 0.2) is 0 Å². The summed E-state index contributed by atoms with van der Waals surface area (Å²) < 4.78 is 7.18. The number of aromatic nitrogens is 2. The summed E-state index contributed by atoms with van der Waals surface area (Å²) in [6.45, 7) is 11.4. The maximum atomic E-state index is 6.16. The van der Waals surface area contributed by atoms with Crippen molar-refractivity contribution in [2.75, 3.05) is 19.5 Å². The summed E-state index contributed by atoms with van der Waals surface area (Å²) in [6, 6.07) is 0. The van der Waals surface area contributed by atoms with Crippen LogP contribution in [0.3, 0.4) is 0 Å². The molecule has 0 aliphatic rings. The van der Waals surface area contributed by atoms with Gasteiger partial charge < -0.3 is 15.0 Å². The van der Waals surface area contributed by atoms with Crippen molar-refractivity contribution >= 4 is 5.82 Å². The minimum absolute atomic E-state index is 0.212. The van der Waals surface area contributed by atoms with Gasteiger partial charge in [-0.2, -0.15) is 0 Å². The van der Waals surface area contributed by atoms with Gasteiger partial charge >= 0.3 is 0 Å². The maximum absolute atomic E-state index is 6.16. The number of methoxy groups -OCH3 is 1. The van der Waals surface area contributed by atoms with Gasteiger partial charge in [0.25, 0.3) is 0 Å². The topological polar surface area (TPSA) is 53.1 Å². The first kappa shape index (κ1) is 13.8. The third-order valence-corrected chi connectivity index (χ3v) is 2.78. The van der Waals surface area contributed by atoms with Crippen LogP contribution in [-0.4, -0.2) is 23.3 Å². The first-order valence-electron chi connectivity index (χ1n) is 5.98. The summed E-state index contributed by atoms with van der Waals surface area (Å²) in [5.74, 6) is 2.31. The van der Waals surface area contributed by atoms with Crippen LogP contribution in [0.15, 0.2) is 12.7 Å². The van der Waals surface area contributed by atoms with E-state index in [1.54, 1.807) is 7.11 Å². The zero-order chi connectivity index (χ0) is 13.0. The second-order valence-electron chi connectivity index (χ2n) is 4.65. The summed E-state index contributed by atoms with van der Waals surface area (Å²) in [4.78, 5) is 4.66. The fourth-order valence-electron chi connectivity index (χ4n) is 1.96. The Kier molecular flexibility index (Phi) is 4.75. The Morgan fingerprint density at radius 1 is 1.47 bits per heavy atom. The molecule has 0 aromatic carbocycles. The molecule has 0 radical (unpaired) electrons. The summed E-state index contributed by atoms with van der Waals surface area (Å²) in [5.41, 5.74) is 7.08. The average molecular weight is 237 g/mol. The molecule has 1 aromatic heterocycles. The van der Waals surface area contributed by atoms with Crippen molar-refractivity contribution in [1.29, 1.82) is 0 Å². The monoisotopic (exact) mass is 237 g/mol. The predicted molar refractivity (Wildman–Crippen MR) is 71.2 cm³/mol. The van der Waals surface area contributed by atoms with Gasteiger partial charge in [-0.15, -0.1) is 6.58 Å². The zero-order valence-electron chi connectivity index (χ0n) is 11.2. The molecule has 0 saturated carbocycles. The highest BCUT2D eigenvalue weighted by Gasteiger charge is 2.20. The van der Waals surface area contributed by atoms with Gasteiger partial charge in [-0.25, -0.2) is 4.98 Å². The molecule has 0 bridgehead atoms. The highest BCUT2D eigenvalue weighted by molar-refractivity contribution is 5.41. The molecule has 1 heterocycles. The molecule has 0 aliphatic heterocycles. The van der Waals surface area contributed by atoms with E-state index in [0.717, 1.165) is 17.3 Å². The Morgan fingerprint density at radius 3 is 2.59 bits per heavy atom. The van der Waals surface area contributed by atoms with E-state index < -0.39 is 0 Å². The average Bonchev–Trinajstić information content (AvgIpc) is 2.58. The van der Waals surface area contributed by atoms with Crippen LogP contribution in [-0.2, 0) is 11.3 Å². The van der Waals surface area contributed by atoms with Gasteiger partial charge in [-0.05, 0) is 0 Å². The number of rotatable bonds is 6. The van der Waals surface area contributed by atoms with E-state index in [9.17, 15) is 0 Å². The van der Waals surface area contributed by atoms with Crippen LogP contribution >= 0.6 is 0 Å². The van der Waals surface area contributed by atoms with Gasteiger partial charge in [0.1, 0.15) is 11.6 Å². The minimum Gasteiger partial charge on any atom is -0.384 e. The third kappa shape index (κ3) is 2.88. The largest absolute Gasteiger partial charge is 0.384 e. The van der Waals surface area contributed by atoms with E-state index in [0.29, 0.717) is 19.1 Å². The van der Waals surface area contributed by atoms with Crippen LogP contribution in [0.5, 0.6) is 0 Å². The number of hydrogen-bond donors (Lipinski definition) is 1. The van der Waals surface area contributed by atoms with Crippen molar-refractivity contribution in [2.24, 2.45) is 0 Å². The van der Waals surface area contributed by atoms with Crippen molar-refractivity contribution in [2.45, 2.75) is 39.2 Å². The number of ether oxygens (including phenoxy) is 1. The Labute approximate surface area is 103 Å². The number of nitrogens with zero attached hydrogens (tertiary/aromatic N) is 2. The molecule has 1 unspecified atom stereocenters. The minimum atomic E-state index is 0.212. The van der Waals surface area contributed by atoms with Crippen LogP contribution in [0.25, 0.3) is 0 Å². The van der Waals surface area contributed by atoms with Crippen LogP contribution in [0.1, 0.15) is 44.1 Å². The Hall–Kier alpha value is -1.29. The van der Waals surface area contributed by atoms with Crippen molar-refractivity contribution in [3.05, 3.63) is 24.2 Å². The molecule has 0 aliphatic carbocycles. The summed E-state index contributed by atoms with van der Waals surface area (Å²) in [5, 5.41) is 0. The van der Waals surface area contributed by atoms with Crippen LogP contribution in [0.2, 0.25) is 0 Å². The predicted octanol–water partition coefficient (Wildman–Crippen LogP) is 2.52. The molecule has 17 heavy (non-hydrogen) atoms. The molecule has 2 N–H and O–H groups in total. The lowest BCUT2D eigenvalue weighted by molar-refractivity contribution is 0.183. The second kappa shape index (κ2) is 5.87. The first-order chi connectivity index (χ1) is 8.02. The first-order valence-corrected chi connectivity index (χ1v) is 5.98. The molecule has 1 aromatic rings. The number of imidazole rings is 1. The Morgan fingerprint density at radius 2 is 2.12 bits per heavy atom. The number of hydrogen-bond acceptors (Lipinski definition) is 3. The molecular formula is C13H23N3O. The van der Waals surface area contributed by atoms with Crippen LogP contribution < -0.4 is 5.73 Å². The normalized spacial score (nSPS) is 13.0. The maximum Gasteiger partial charge on any atom is 0.127 e. The molecule has 96 valence electrons. The molecule has 0 fully saturated rings. The zero-order valence-corrected chi connectivity index (χ0v) is 11.2. The van der Waals surface area contributed by atoms with Crippen LogP contribution in [0, 0.1) is 0 Å². The number of nitrogen functional groups attached to an aromatic ring is 1. The highest BCUT2D eigenvalue weighted by Crippen LogP contribution is 2.26. The van der Waals surface area contributed by atoms with Crippen molar-refractivity contribution < 1.29 is 4.74 Å². The van der Waals surface area contributed by atoms with Gasteiger partial charge in [0.2, 0.25) is 0 Å². The quantitative estimate of drug-likeness (QED) is 0.773. The highest BCUT2D eigenvalue weighted by atomic mass is 16.5.